The van der Waals surface area contributed by atoms with Crippen molar-refractivity contribution >= 4 is 11.6 Å². The van der Waals surface area contributed by atoms with E-state index < -0.39 is 4.87 Å². The van der Waals surface area contributed by atoms with Crippen LogP contribution in [-0.4, -0.2) is 4.87 Å². The van der Waals surface area contributed by atoms with Gasteiger partial charge in [0.25, 0.3) is 0 Å². The molecule has 1 fully saturated rings. The first kappa shape index (κ1) is 6.24. The normalized spacial score (nSPS) is 49.6. The maximum absolute atomic E-state index is 8.73. The number of hydrogen-bond acceptors (Lipinski definition) is 1. The molecule has 0 amide bonds. The van der Waals surface area contributed by atoms with Gasteiger partial charge in [0.1, 0.15) is 4.87 Å². The number of alkyl halides is 1. The minimum absolute atomic E-state index is 0.323. The number of nitrogens with zero attached hydrogens (tertiary/aromatic N) is 1. The Morgan fingerprint density at radius 1 is 1.60 bits per heavy atom. The minimum Gasteiger partial charge on any atom is -0.196 e. The van der Waals surface area contributed by atoms with E-state index in [0.29, 0.717) is 11.8 Å². The Labute approximate surface area is 65.3 Å². The van der Waals surface area contributed by atoms with Crippen molar-refractivity contribution in [2.24, 2.45) is 11.8 Å². The lowest BCUT2D eigenvalue weighted by Crippen LogP contribution is -2.23. The predicted octanol–water partition coefficient (Wildman–Crippen LogP) is 2.08. The molecule has 0 heterocycles. The molecule has 0 aliphatic heterocycles. The van der Waals surface area contributed by atoms with Gasteiger partial charge in [-0.15, -0.1) is 11.6 Å². The molecule has 1 nitrogen and oxygen atoms in total. The molecule has 0 radical (unpaired) electrons. The van der Waals surface area contributed by atoms with Crippen LogP contribution in [0.15, 0.2) is 12.2 Å². The van der Waals surface area contributed by atoms with Crippen molar-refractivity contribution in [3.8, 4) is 6.07 Å². The van der Waals surface area contributed by atoms with Crippen LogP contribution in [0.1, 0.15) is 12.8 Å². The Kier molecular flexibility index (Phi) is 1.10. The van der Waals surface area contributed by atoms with Crippen LogP contribution in [0.4, 0.5) is 0 Å². The van der Waals surface area contributed by atoms with Crippen molar-refractivity contribution in [1.82, 2.24) is 0 Å². The summed E-state index contributed by atoms with van der Waals surface area (Å²) in [7, 11) is 0. The summed E-state index contributed by atoms with van der Waals surface area (Å²) in [5, 5.41) is 8.73. The van der Waals surface area contributed by atoms with Gasteiger partial charge in [0.2, 0.25) is 0 Å². The van der Waals surface area contributed by atoms with Gasteiger partial charge in [-0.05, 0) is 18.8 Å². The second-order valence-corrected chi connectivity index (χ2v) is 3.84. The number of fused-ring (bicyclic) bond motifs is 2. The highest BCUT2D eigenvalue weighted by atomic mass is 35.5. The molecule has 1 saturated carbocycles. The lowest BCUT2D eigenvalue weighted by Gasteiger charge is -2.19. The van der Waals surface area contributed by atoms with Gasteiger partial charge in [-0.25, -0.2) is 0 Å². The van der Waals surface area contributed by atoms with E-state index in [9.17, 15) is 0 Å². The van der Waals surface area contributed by atoms with Crippen molar-refractivity contribution in [3.63, 3.8) is 0 Å². The van der Waals surface area contributed by atoms with Crippen LogP contribution in [0.2, 0.25) is 0 Å². The largest absolute Gasteiger partial charge is 0.196 e. The number of halogens is 1. The fraction of sp³-hybridized carbons (Fsp3) is 0.625. The lowest BCUT2D eigenvalue weighted by atomic mass is 9.94. The second-order valence-electron chi connectivity index (χ2n) is 3.17. The molecule has 0 unspecified atom stereocenters. The molecule has 0 aromatic heterocycles. The van der Waals surface area contributed by atoms with Crippen LogP contribution in [0.5, 0.6) is 0 Å². The van der Waals surface area contributed by atoms with Gasteiger partial charge in [-0.3, -0.25) is 0 Å². The first-order chi connectivity index (χ1) is 4.74. The van der Waals surface area contributed by atoms with Gasteiger partial charge < -0.3 is 0 Å². The highest BCUT2D eigenvalue weighted by Crippen LogP contribution is 2.49. The molecule has 2 aliphatic carbocycles. The van der Waals surface area contributed by atoms with Gasteiger partial charge in [0.05, 0.1) is 6.07 Å². The third-order valence-electron chi connectivity index (χ3n) is 2.51. The van der Waals surface area contributed by atoms with E-state index in [1.54, 1.807) is 0 Å². The Morgan fingerprint density at radius 3 is 2.70 bits per heavy atom. The van der Waals surface area contributed by atoms with Gasteiger partial charge in [-0.1, -0.05) is 12.2 Å². The zero-order chi connectivity index (χ0) is 7.19. The maximum atomic E-state index is 8.73. The summed E-state index contributed by atoms with van der Waals surface area (Å²) in [5.74, 6) is 0.909. The number of rotatable bonds is 0. The van der Waals surface area contributed by atoms with Crippen LogP contribution >= 0.6 is 11.6 Å². The number of hydrogen-bond donors (Lipinski definition) is 0. The van der Waals surface area contributed by atoms with Crippen molar-refractivity contribution in [2.45, 2.75) is 17.7 Å². The first-order valence-corrected chi connectivity index (χ1v) is 3.91. The molecule has 2 bridgehead atoms. The average molecular weight is 154 g/mol. The minimum atomic E-state index is -0.556. The highest BCUT2D eigenvalue weighted by molar-refractivity contribution is 6.26. The van der Waals surface area contributed by atoms with Crippen LogP contribution in [0, 0.1) is 23.2 Å². The van der Waals surface area contributed by atoms with Crippen LogP contribution in [0.25, 0.3) is 0 Å². The molecule has 2 heteroatoms. The quantitative estimate of drug-likeness (QED) is 0.386. The summed E-state index contributed by atoms with van der Waals surface area (Å²) in [6.45, 7) is 0. The average Bonchev–Trinajstić information content (AvgIpc) is 2.46. The maximum Gasteiger partial charge on any atom is 0.137 e. The zero-order valence-electron chi connectivity index (χ0n) is 5.55. The highest BCUT2D eigenvalue weighted by Gasteiger charge is 2.47. The van der Waals surface area contributed by atoms with Crippen molar-refractivity contribution in [1.29, 1.82) is 5.26 Å². The molecular weight excluding hydrogens is 146 g/mol. The van der Waals surface area contributed by atoms with Gasteiger partial charge in [0, 0.05) is 5.92 Å². The SMILES string of the molecule is N#C[C@@]1(Cl)C[C@@H]2C=C[C@@H]1C2. The van der Waals surface area contributed by atoms with E-state index in [1.165, 1.54) is 0 Å². The third kappa shape index (κ3) is 0.630. The fourth-order valence-corrected chi connectivity index (χ4v) is 2.29. The number of allylic oxidation sites excluding steroid dienone is 2. The molecule has 0 N–H and O–H groups in total. The summed E-state index contributed by atoms with van der Waals surface area (Å²) < 4.78 is 0. The topological polar surface area (TPSA) is 23.8 Å². The van der Waals surface area contributed by atoms with E-state index in [4.69, 9.17) is 16.9 Å². The smallest absolute Gasteiger partial charge is 0.137 e. The van der Waals surface area contributed by atoms with Gasteiger partial charge in [-0.2, -0.15) is 5.26 Å². The standard InChI is InChI=1S/C8H8ClN/c9-8(5-10)4-6-1-2-7(8)3-6/h1-2,6-7H,3-4H2/t6-,7-,8+/m1/s1. The van der Waals surface area contributed by atoms with Crippen LogP contribution < -0.4 is 0 Å². The summed E-state index contributed by atoms with van der Waals surface area (Å²) in [6.07, 6.45) is 6.22. The Bertz CT molecular complexity index is 228. The molecule has 10 heavy (non-hydrogen) atoms. The van der Waals surface area contributed by atoms with Crippen LogP contribution in [0.3, 0.4) is 0 Å². The second kappa shape index (κ2) is 1.77. The summed E-state index contributed by atoms with van der Waals surface area (Å²) >= 11 is 6.04. The van der Waals surface area contributed by atoms with Gasteiger partial charge >= 0.3 is 0 Å². The summed E-state index contributed by atoms with van der Waals surface area (Å²) in [6, 6.07) is 2.19. The van der Waals surface area contributed by atoms with E-state index in [2.05, 4.69) is 18.2 Å². The Balaban J connectivity index is 2.33. The molecule has 52 valence electrons. The predicted molar refractivity (Wildman–Crippen MR) is 39.6 cm³/mol. The Morgan fingerprint density at radius 2 is 2.40 bits per heavy atom. The van der Waals surface area contributed by atoms with Crippen molar-refractivity contribution < 1.29 is 0 Å². The number of nitriles is 1. The fourth-order valence-electron chi connectivity index (χ4n) is 1.93. The summed E-state index contributed by atoms with van der Waals surface area (Å²) in [5.41, 5.74) is 0. The molecule has 2 aliphatic rings. The molecular formula is C8H8ClN. The lowest BCUT2D eigenvalue weighted by molar-refractivity contribution is 0.602. The van der Waals surface area contributed by atoms with E-state index in [-0.39, 0.29) is 0 Å². The van der Waals surface area contributed by atoms with E-state index in [1.807, 2.05) is 0 Å². The zero-order valence-corrected chi connectivity index (χ0v) is 6.30. The monoisotopic (exact) mass is 153 g/mol. The molecule has 0 spiro atoms. The first-order valence-electron chi connectivity index (χ1n) is 3.53. The van der Waals surface area contributed by atoms with Crippen LogP contribution in [-0.2, 0) is 0 Å². The molecule has 3 atom stereocenters. The molecule has 2 rings (SSSR count). The molecule has 0 saturated heterocycles. The molecule has 0 aromatic carbocycles. The third-order valence-corrected chi connectivity index (χ3v) is 3.02. The molecule has 0 aromatic rings. The van der Waals surface area contributed by atoms with E-state index in [0.717, 1.165) is 12.8 Å². The van der Waals surface area contributed by atoms with Gasteiger partial charge in [0.15, 0.2) is 0 Å². The Hall–Kier alpha value is -0.480. The van der Waals surface area contributed by atoms with Crippen molar-refractivity contribution in [3.05, 3.63) is 12.2 Å². The van der Waals surface area contributed by atoms with Crippen molar-refractivity contribution in [2.75, 3.05) is 0 Å². The summed E-state index contributed by atoms with van der Waals surface area (Å²) in [4.78, 5) is -0.556. The van der Waals surface area contributed by atoms with E-state index >= 15 is 0 Å².